The van der Waals surface area contributed by atoms with Crippen LogP contribution in [0.25, 0.3) is 0 Å². The molecular formula is C20H27ClO4Si. The molecule has 1 aromatic carbocycles. The fourth-order valence-corrected chi connectivity index (χ4v) is 10.6. The Morgan fingerprint density at radius 3 is 2.00 bits per heavy atom. The zero-order chi connectivity index (χ0) is 19.5. The first-order valence-corrected chi connectivity index (χ1v) is 12.3. The molecule has 4 nitrogen and oxygen atoms in total. The molecule has 1 aliphatic carbocycles. The van der Waals surface area contributed by atoms with Crippen molar-refractivity contribution >= 4 is 31.2 Å². The monoisotopic (exact) mass is 394 g/mol. The largest absolute Gasteiger partial charge is 0.504 e. The molecule has 0 atom stereocenters. The maximum Gasteiger partial charge on any atom is 0.205 e. The molecule has 142 valence electrons. The quantitative estimate of drug-likeness (QED) is 0.592. The Hall–Kier alpha value is -1.59. The summed E-state index contributed by atoms with van der Waals surface area (Å²) in [7, 11) is -0.835. The average molecular weight is 395 g/mol. The second kappa shape index (κ2) is 8.40. The summed E-state index contributed by atoms with van der Waals surface area (Å²) in [6.07, 6.45) is 2.83. The summed E-state index contributed by atoms with van der Waals surface area (Å²) < 4.78 is 5.13. The highest BCUT2D eigenvalue weighted by Gasteiger charge is 2.45. The summed E-state index contributed by atoms with van der Waals surface area (Å²) in [5.74, 6) is -0.731. The van der Waals surface area contributed by atoms with Crippen molar-refractivity contribution in [3.05, 3.63) is 33.5 Å². The van der Waals surface area contributed by atoms with E-state index in [-0.39, 0.29) is 39.2 Å². The SMILES string of the molecule is CCC[Si](CCC)(CCC)C1=C(Cl)C(=O)c2ccc(OC)c(O)c2C1=O. The first kappa shape index (κ1) is 20.7. The number of Topliss-reactive ketones (excluding diaryl/α,β-unsaturated/α-hetero) is 2. The Kier molecular flexibility index (Phi) is 6.69. The van der Waals surface area contributed by atoms with E-state index in [1.807, 2.05) is 0 Å². The second-order valence-electron chi connectivity index (χ2n) is 6.92. The first-order chi connectivity index (χ1) is 12.4. The van der Waals surface area contributed by atoms with Gasteiger partial charge in [0.1, 0.15) is 0 Å². The van der Waals surface area contributed by atoms with Gasteiger partial charge in [0.2, 0.25) is 5.78 Å². The minimum atomic E-state index is -2.26. The lowest BCUT2D eigenvalue weighted by atomic mass is 9.93. The number of methoxy groups -OCH3 is 1. The highest BCUT2D eigenvalue weighted by atomic mass is 35.5. The van der Waals surface area contributed by atoms with Gasteiger partial charge in [-0.3, -0.25) is 9.59 Å². The number of hydrogen-bond donors (Lipinski definition) is 1. The Morgan fingerprint density at radius 2 is 1.54 bits per heavy atom. The third-order valence-corrected chi connectivity index (χ3v) is 11.6. The number of phenolic OH excluding ortho intramolecular Hbond substituents is 1. The van der Waals surface area contributed by atoms with Crippen molar-refractivity contribution in [3.8, 4) is 11.5 Å². The normalized spacial score (nSPS) is 14.7. The van der Waals surface area contributed by atoms with Crippen LogP contribution in [0.15, 0.2) is 22.4 Å². The van der Waals surface area contributed by atoms with Crippen molar-refractivity contribution in [2.75, 3.05) is 7.11 Å². The maximum absolute atomic E-state index is 13.5. The minimum absolute atomic E-state index is 0.0499. The van der Waals surface area contributed by atoms with E-state index in [1.165, 1.54) is 19.2 Å². The van der Waals surface area contributed by atoms with Crippen molar-refractivity contribution in [2.24, 2.45) is 0 Å². The minimum Gasteiger partial charge on any atom is -0.504 e. The zero-order valence-electron chi connectivity index (χ0n) is 15.9. The maximum atomic E-state index is 13.5. The van der Waals surface area contributed by atoms with E-state index in [4.69, 9.17) is 16.3 Å². The van der Waals surface area contributed by atoms with Crippen LogP contribution < -0.4 is 4.74 Å². The lowest BCUT2D eigenvalue weighted by Gasteiger charge is -2.36. The van der Waals surface area contributed by atoms with Crippen LogP contribution >= 0.6 is 11.6 Å². The predicted molar refractivity (Wildman–Crippen MR) is 107 cm³/mol. The Labute approximate surface area is 161 Å². The number of aromatic hydroxyl groups is 1. The van der Waals surface area contributed by atoms with Crippen LogP contribution in [0.2, 0.25) is 18.1 Å². The molecule has 0 radical (unpaired) electrons. The molecule has 0 amide bonds. The molecule has 26 heavy (non-hydrogen) atoms. The van der Waals surface area contributed by atoms with Crippen LogP contribution in [0.4, 0.5) is 0 Å². The van der Waals surface area contributed by atoms with Crippen LogP contribution in [0, 0.1) is 0 Å². The highest BCUT2D eigenvalue weighted by molar-refractivity contribution is 6.92. The van der Waals surface area contributed by atoms with Gasteiger partial charge in [0.15, 0.2) is 17.3 Å². The van der Waals surface area contributed by atoms with E-state index in [2.05, 4.69) is 20.8 Å². The van der Waals surface area contributed by atoms with Crippen LogP contribution in [0.5, 0.6) is 11.5 Å². The molecule has 0 aromatic heterocycles. The third kappa shape index (κ3) is 3.34. The Bertz CT molecular complexity index is 737. The number of hydrogen-bond acceptors (Lipinski definition) is 4. The van der Waals surface area contributed by atoms with Gasteiger partial charge in [0.25, 0.3) is 0 Å². The molecule has 0 saturated carbocycles. The number of fused-ring (bicyclic) bond motifs is 1. The van der Waals surface area contributed by atoms with E-state index in [0.29, 0.717) is 5.20 Å². The zero-order valence-corrected chi connectivity index (χ0v) is 17.7. The van der Waals surface area contributed by atoms with E-state index < -0.39 is 8.07 Å². The molecule has 1 aromatic rings. The van der Waals surface area contributed by atoms with Crippen LogP contribution in [0.3, 0.4) is 0 Å². The molecule has 1 N–H and O–H groups in total. The standard InChI is InChI=1S/C20H27ClO4Si/c1-5-10-26(11-6-2,12-7-3)20-16(21)17(22)13-8-9-14(25-4)18(23)15(13)19(20)24/h8-9,23H,5-7,10-12H2,1-4H3. The molecule has 6 heteroatoms. The summed E-state index contributed by atoms with van der Waals surface area (Å²) in [6, 6.07) is 5.75. The summed E-state index contributed by atoms with van der Waals surface area (Å²) in [6.45, 7) is 6.31. The summed E-state index contributed by atoms with van der Waals surface area (Å²) in [4.78, 5) is 26.4. The molecule has 0 heterocycles. The van der Waals surface area contributed by atoms with Crippen molar-refractivity contribution in [3.63, 3.8) is 0 Å². The number of carbonyl (C=O) groups is 2. The fraction of sp³-hybridized carbons (Fsp3) is 0.500. The van der Waals surface area contributed by atoms with Crippen molar-refractivity contribution in [1.29, 1.82) is 0 Å². The molecule has 1 aliphatic rings. The lowest BCUT2D eigenvalue weighted by molar-refractivity contribution is 0.0982. The number of benzene rings is 1. The number of phenols is 1. The number of rotatable bonds is 8. The molecule has 0 bridgehead atoms. The van der Waals surface area contributed by atoms with Gasteiger partial charge in [0.05, 0.1) is 25.8 Å². The first-order valence-electron chi connectivity index (χ1n) is 9.28. The van der Waals surface area contributed by atoms with Crippen molar-refractivity contribution < 1.29 is 19.4 Å². The van der Waals surface area contributed by atoms with Gasteiger partial charge in [-0.05, 0) is 12.1 Å². The van der Waals surface area contributed by atoms with Gasteiger partial charge in [-0.1, -0.05) is 69.8 Å². The van der Waals surface area contributed by atoms with E-state index in [9.17, 15) is 14.7 Å². The van der Waals surface area contributed by atoms with Crippen LogP contribution in [0.1, 0.15) is 60.7 Å². The number of carbonyl (C=O) groups excluding carboxylic acids is 2. The van der Waals surface area contributed by atoms with E-state index >= 15 is 0 Å². The third-order valence-electron chi connectivity index (χ3n) is 5.19. The van der Waals surface area contributed by atoms with Crippen molar-refractivity contribution in [1.82, 2.24) is 0 Å². The van der Waals surface area contributed by atoms with E-state index in [0.717, 1.165) is 37.4 Å². The Balaban J connectivity index is 2.74. The van der Waals surface area contributed by atoms with E-state index in [1.54, 1.807) is 0 Å². The number of halogens is 1. The van der Waals surface area contributed by atoms with Gasteiger partial charge in [-0.15, -0.1) is 0 Å². The van der Waals surface area contributed by atoms with Gasteiger partial charge < -0.3 is 9.84 Å². The number of ketones is 2. The van der Waals surface area contributed by atoms with Crippen molar-refractivity contribution in [2.45, 2.75) is 58.2 Å². The summed E-state index contributed by atoms with van der Waals surface area (Å²) in [5.41, 5.74) is 0.211. The smallest absolute Gasteiger partial charge is 0.205 e. The molecule has 2 rings (SSSR count). The van der Waals surface area contributed by atoms with Crippen LogP contribution in [-0.2, 0) is 0 Å². The molecular weight excluding hydrogens is 368 g/mol. The lowest BCUT2D eigenvalue weighted by Crippen LogP contribution is -2.43. The van der Waals surface area contributed by atoms with Crippen LogP contribution in [-0.4, -0.2) is 31.9 Å². The average Bonchev–Trinajstić information content (AvgIpc) is 2.60. The molecule has 0 unspecified atom stereocenters. The predicted octanol–water partition coefficient (Wildman–Crippen LogP) is 5.49. The van der Waals surface area contributed by atoms with Gasteiger partial charge in [-0.25, -0.2) is 0 Å². The van der Waals surface area contributed by atoms with Gasteiger partial charge >= 0.3 is 0 Å². The van der Waals surface area contributed by atoms with Gasteiger partial charge in [-0.2, -0.15) is 0 Å². The fourth-order valence-electron chi connectivity index (χ4n) is 4.27. The topological polar surface area (TPSA) is 63.6 Å². The molecule has 0 spiro atoms. The highest BCUT2D eigenvalue weighted by Crippen LogP contribution is 2.45. The molecule has 0 saturated heterocycles. The summed E-state index contributed by atoms with van der Waals surface area (Å²) in [5, 5.41) is 11.1. The Morgan fingerprint density at radius 1 is 1.00 bits per heavy atom. The molecule has 0 aliphatic heterocycles. The second-order valence-corrected chi connectivity index (χ2v) is 11.9. The summed E-state index contributed by atoms with van der Waals surface area (Å²) >= 11 is 6.50. The number of ether oxygens (including phenoxy) is 1. The van der Waals surface area contributed by atoms with Gasteiger partial charge in [0, 0.05) is 10.8 Å². The molecule has 0 fully saturated rings. The number of allylic oxidation sites excluding steroid dienone is 2.